The van der Waals surface area contributed by atoms with Crippen LogP contribution < -0.4 is 5.32 Å². The summed E-state index contributed by atoms with van der Waals surface area (Å²) in [7, 11) is 0.500. The highest BCUT2D eigenvalue weighted by Gasteiger charge is 2.35. The van der Waals surface area contributed by atoms with Crippen LogP contribution in [0.3, 0.4) is 0 Å². The average Bonchev–Trinajstić information content (AvgIpc) is 2.74. The second-order valence-corrected chi connectivity index (χ2v) is 6.62. The lowest BCUT2D eigenvalue weighted by molar-refractivity contribution is -0.137. The van der Waals surface area contributed by atoms with Gasteiger partial charge >= 0.3 is 6.18 Å². The van der Waals surface area contributed by atoms with Crippen LogP contribution >= 0.6 is 12.2 Å². The van der Waals surface area contributed by atoms with Gasteiger partial charge in [0.15, 0.2) is 5.69 Å². The van der Waals surface area contributed by atoms with E-state index < -0.39 is 28.9 Å². The summed E-state index contributed by atoms with van der Waals surface area (Å²) in [5.41, 5.74) is -2.23. The number of benzene rings is 2. The monoisotopic (exact) mass is 453 g/mol. The number of aryl methyl sites for hydroxylation is 1. The van der Waals surface area contributed by atoms with Crippen LogP contribution in [0.15, 0.2) is 47.5 Å². The Bertz CT molecular complexity index is 993. The standard InChI is InChI=1S/C20H16F3N3O2S.CH3F/c1-19(28,10-9-13-3-5-14(6-4-13)25-12-29)18(27)26-15-7-8-17(24-2)16(11-15)20(21,22)23;1-2/h3-8,11,28H,9-10H2,1H3,(H,26,27);1H3/t19-;/m1./s1. The van der Waals surface area contributed by atoms with E-state index in [2.05, 4.69) is 32.5 Å². The van der Waals surface area contributed by atoms with Crippen LogP contribution in [0.5, 0.6) is 0 Å². The van der Waals surface area contributed by atoms with E-state index >= 15 is 0 Å². The normalized spacial score (nSPS) is 12.3. The molecule has 0 bridgehead atoms. The van der Waals surface area contributed by atoms with Gasteiger partial charge in [-0.25, -0.2) is 4.85 Å². The van der Waals surface area contributed by atoms with Gasteiger partial charge in [-0.1, -0.05) is 18.2 Å². The van der Waals surface area contributed by atoms with Crippen molar-refractivity contribution in [3.63, 3.8) is 0 Å². The Morgan fingerprint density at radius 2 is 1.84 bits per heavy atom. The van der Waals surface area contributed by atoms with Crippen molar-refractivity contribution in [2.75, 3.05) is 12.5 Å². The molecule has 5 nitrogen and oxygen atoms in total. The molecule has 0 spiro atoms. The Morgan fingerprint density at radius 3 is 2.35 bits per heavy atom. The van der Waals surface area contributed by atoms with Gasteiger partial charge in [0.05, 0.1) is 30.2 Å². The van der Waals surface area contributed by atoms with Gasteiger partial charge in [-0.2, -0.15) is 18.2 Å². The second kappa shape index (κ2) is 11.3. The summed E-state index contributed by atoms with van der Waals surface area (Å²) < 4.78 is 48.7. The van der Waals surface area contributed by atoms with Crippen molar-refractivity contribution in [1.82, 2.24) is 0 Å². The van der Waals surface area contributed by atoms with Crippen LogP contribution in [0.1, 0.15) is 24.5 Å². The molecule has 0 aliphatic heterocycles. The Kier molecular flexibility index (Phi) is 9.46. The minimum absolute atomic E-state index is 0.0425. The summed E-state index contributed by atoms with van der Waals surface area (Å²) in [5.74, 6) is -0.844. The number of carbonyl (C=O) groups excluding carboxylic acids is 1. The Labute approximate surface area is 182 Å². The molecule has 0 heterocycles. The summed E-state index contributed by atoms with van der Waals surface area (Å²) in [4.78, 5) is 19.0. The summed E-state index contributed by atoms with van der Waals surface area (Å²) >= 11 is 4.52. The van der Waals surface area contributed by atoms with E-state index in [1.54, 1.807) is 24.3 Å². The lowest BCUT2D eigenvalue weighted by Crippen LogP contribution is -2.40. The van der Waals surface area contributed by atoms with Crippen LogP contribution in [-0.2, 0) is 17.4 Å². The Hall–Kier alpha value is -3.12. The molecule has 2 rings (SSSR count). The van der Waals surface area contributed by atoms with Crippen molar-refractivity contribution in [2.24, 2.45) is 4.99 Å². The number of anilines is 1. The fraction of sp³-hybridized carbons (Fsp3) is 0.286. The summed E-state index contributed by atoms with van der Waals surface area (Å²) in [5, 5.41) is 15.0. The van der Waals surface area contributed by atoms with Gasteiger partial charge in [0.2, 0.25) is 0 Å². The van der Waals surface area contributed by atoms with Gasteiger partial charge in [-0.3, -0.25) is 9.18 Å². The summed E-state index contributed by atoms with van der Waals surface area (Å²) in [6.07, 6.45) is -4.34. The molecule has 10 heteroatoms. The number of nitrogens with one attached hydrogen (secondary N) is 1. The number of carbonyl (C=O) groups is 1. The number of amides is 1. The number of hydrogen-bond donors (Lipinski definition) is 2. The smallest absolute Gasteiger partial charge is 0.380 e. The van der Waals surface area contributed by atoms with Crippen LogP contribution in [0.4, 0.5) is 34.6 Å². The lowest BCUT2D eigenvalue weighted by atomic mass is 9.95. The molecular weight excluding hydrogens is 434 g/mol. The number of aliphatic imine (C=N–C) groups is 1. The predicted molar refractivity (Wildman–Crippen MR) is 113 cm³/mol. The molecule has 0 aliphatic carbocycles. The summed E-state index contributed by atoms with van der Waals surface area (Å²) in [6.45, 7) is 8.12. The Morgan fingerprint density at radius 1 is 1.23 bits per heavy atom. The van der Waals surface area contributed by atoms with E-state index in [4.69, 9.17) is 6.57 Å². The fourth-order valence-corrected chi connectivity index (χ4v) is 2.60. The van der Waals surface area contributed by atoms with E-state index in [9.17, 15) is 27.5 Å². The van der Waals surface area contributed by atoms with Crippen molar-refractivity contribution >= 4 is 40.3 Å². The molecule has 2 aromatic carbocycles. The van der Waals surface area contributed by atoms with Crippen molar-refractivity contribution in [3.8, 4) is 0 Å². The predicted octanol–water partition coefficient (Wildman–Crippen LogP) is 5.90. The first-order valence-corrected chi connectivity index (χ1v) is 9.15. The maximum Gasteiger partial charge on any atom is 0.407 e. The van der Waals surface area contributed by atoms with Crippen molar-refractivity contribution in [2.45, 2.75) is 31.5 Å². The van der Waals surface area contributed by atoms with E-state index in [0.29, 0.717) is 25.4 Å². The van der Waals surface area contributed by atoms with E-state index in [1.807, 2.05) is 0 Å². The molecule has 1 atom stereocenters. The van der Waals surface area contributed by atoms with Crippen molar-refractivity contribution < 1.29 is 27.5 Å². The molecule has 0 radical (unpaired) electrons. The third-order valence-electron chi connectivity index (χ3n) is 4.18. The molecule has 2 aromatic rings. The SMILES string of the molecule is CF.[C-]#[N+]c1ccc(NC(=O)[C@](C)(O)CCc2ccc(N=C=S)cc2)cc1C(F)(F)F. The van der Waals surface area contributed by atoms with Gasteiger partial charge in [-0.05, 0) is 61.8 Å². The first-order valence-electron chi connectivity index (χ1n) is 8.74. The second-order valence-electron chi connectivity index (χ2n) is 6.44. The van der Waals surface area contributed by atoms with Gasteiger partial charge in [0.25, 0.3) is 5.91 Å². The number of alkyl halides is 4. The number of rotatable bonds is 6. The van der Waals surface area contributed by atoms with Crippen LogP contribution in [-0.4, -0.2) is 29.0 Å². The maximum absolute atomic E-state index is 13.1. The van der Waals surface area contributed by atoms with Gasteiger partial charge in [0.1, 0.15) is 5.60 Å². The van der Waals surface area contributed by atoms with Gasteiger partial charge in [-0.15, -0.1) is 0 Å². The lowest BCUT2D eigenvalue weighted by Gasteiger charge is -2.23. The third-order valence-corrected chi connectivity index (χ3v) is 4.27. The molecule has 0 saturated heterocycles. The van der Waals surface area contributed by atoms with Crippen molar-refractivity contribution in [3.05, 3.63) is 65.0 Å². The van der Waals surface area contributed by atoms with Crippen LogP contribution in [0.2, 0.25) is 0 Å². The van der Waals surface area contributed by atoms with E-state index in [1.165, 1.54) is 13.0 Å². The average molecular weight is 453 g/mol. The zero-order valence-corrected chi connectivity index (χ0v) is 17.4. The molecule has 164 valence electrons. The maximum atomic E-state index is 13.1. The fourth-order valence-electron chi connectivity index (χ4n) is 2.50. The molecule has 0 aliphatic rings. The quantitative estimate of drug-likeness (QED) is 0.248. The third kappa shape index (κ3) is 7.57. The highest BCUT2D eigenvalue weighted by Crippen LogP contribution is 2.38. The number of halogens is 4. The highest BCUT2D eigenvalue weighted by molar-refractivity contribution is 7.78. The van der Waals surface area contributed by atoms with Gasteiger partial charge < -0.3 is 10.4 Å². The molecule has 31 heavy (non-hydrogen) atoms. The highest BCUT2D eigenvalue weighted by atomic mass is 32.1. The van der Waals surface area contributed by atoms with Crippen LogP contribution in [0.25, 0.3) is 4.85 Å². The summed E-state index contributed by atoms with van der Waals surface area (Å²) in [6, 6.07) is 9.78. The molecule has 0 fully saturated rings. The largest absolute Gasteiger partial charge is 0.407 e. The molecule has 0 aromatic heterocycles. The zero-order chi connectivity index (χ0) is 23.7. The van der Waals surface area contributed by atoms with Gasteiger partial charge in [0, 0.05) is 5.69 Å². The minimum atomic E-state index is -4.73. The van der Waals surface area contributed by atoms with Crippen molar-refractivity contribution in [1.29, 1.82) is 0 Å². The molecule has 0 unspecified atom stereocenters. The molecular formula is C21H19F4N3O2S. The van der Waals surface area contributed by atoms with E-state index in [-0.39, 0.29) is 12.1 Å². The number of hydrogen-bond acceptors (Lipinski definition) is 4. The number of nitrogens with zero attached hydrogens (tertiary/aromatic N) is 2. The number of thiocarbonyl (C=S) groups is 1. The minimum Gasteiger partial charge on any atom is -0.380 e. The topological polar surface area (TPSA) is 66.0 Å². The molecule has 2 N–H and O–H groups in total. The zero-order valence-electron chi connectivity index (χ0n) is 16.6. The molecule has 1 amide bonds. The van der Waals surface area contributed by atoms with Crippen LogP contribution in [0, 0.1) is 6.57 Å². The molecule has 0 saturated carbocycles. The first kappa shape index (κ1) is 25.9. The number of isothiocyanates is 1. The van der Waals surface area contributed by atoms with E-state index in [0.717, 1.165) is 11.6 Å². The number of aliphatic hydroxyl groups is 1. The first-order chi connectivity index (χ1) is 14.6. The Balaban J connectivity index is 0.00000233.